The molecule has 0 aliphatic carbocycles. The van der Waals surface area contributed by atoms with Crippen LogP contribution in [0, 0.1) is 6.92 Å². The lowest BCUT2D eigenvalue weighted by atomic mass is 10.1. The van der Waals surface area contributed by atoms with Gasteiger partial charge in [0.05, 0.1) is 23.1 Å². The van der Waals surface area contributed by atoms with Gasteiger partial charge in [-0.1, -0.05) is 6.92 Å². The molecule has 1 rings (SSSR count). The SMILES string of the molecule is CCc1nnc(C)cc1C(=O)NCCC(C)O. The van der Waals surface area contributed by atoms with Crippen molar-refractivity contribution in [2.24, 2.45) is 0 Å². The zero-order chi connectivity index (χ0) is 12.8. The van der Waals surface area contributed by atoms with Crippen LogP contribution in [0.5, 0.6) is 0 Å². The van der Waals surface area contributed by atoms with Gasteiger partial charge in [0.2, 0.25) is 0 Å². The number of nitrogens with one attached hydrogen (secondary N) is 1. The molecular weight excluding hydrogens is 218 g/mol. The predicted octanol–water partition coefficient (Wildman–Crippen LogP) is 0.848. The van der Waals surface area contributed by atoms with Crippen LogP contribution in [0.4, 0.5) is 0 Å². The highest BCUT2D eigenvalue weighted by Crippen LogP contribution is 2.07. The molecule has 0 bridgehead atoms. The highest BCUT2D eigenvalue weighted by molar-refractivity contribution is 5.95. The number of amides is 1. The van der Waals surface area contributed by atoms with Crippen molar-refractivity contribution in [2.75, 3.05) is 6.54 Å². The molecule has 5 heteroatoms. The molecule has 1 unspecified atom stereocenters. The van der Waals surface area contributed by atoms with E-state index in [0.29, 0.717) is 30.6 Å². The Morgan fingerprint density at radius 1 is 1.53 bits per heavy atom. The summed E-state index contributed by atoms with van der Waals surface area (Å²) in [6.45, 7) is 5.90. The first kappa shape index (κ1) is 13.6. The molecule has 5 nitrogen and oxygen atoms in total. The van der Waals surface area contributed by atoms with Gasteiger partial charge < -0.3 is 10.4 Å². The van der Waals surface area contributed by atoms with Crippen LogP contribution in [-0.4, -0.2) is 33.9 Å². The maximum absolute atomic E-state index is 11.9. The van der Waals surface area contributed by atoms with Gasteiger partial charge in [-0.05, 0) is 32.8 Å². The van der Waals surface area contributed by atoms with Crippen LogP contribution < -0.4 is 5.32 Å². The maximum atomic E-state index is 11.9. The second-order valence-electron chi connectivity index (χ2n) is 4.09. The van der Waals surface area contributed by atoms with E-state index in [0.717, 1.165) is 5.69 Å². The number of hydrogen-bond acceptors (Lipinski definition) is 4. The molecule has 0 saturated heterocycles. The van der Waals surface area contributed by atoms with Gasteiger partial charge in [-0.15, -0.1) is 0 Å². The predicted molar refractivity (Wildman–Crippen MR) is 64.8 cm³/mol. The van der Waals surface area contributed by atoms with Gasteiger partial charge in [0, 0.05) is 6.54 Å². The zero-order valence-corrected chi connectivity index (χ0v) is 10.5. The first-order valence-corrected chi connectivity index (χ1v) is 5.84. The molecule has 1 aromatic heterocycles. The number of aryl methyl sites for hydroxylation is 2. The van der Waals surface area contributed by atoms with Gasteiger partial charge in [0.15, 0.2) is 0 Å². The Morgan fingerprint density at radius 3 is 2.82 bits per heavy atom. The van der Waals surface area contributed by atoms with Crippen molar-refractivity contribution in [1.29, 1.82) is 0 Å². The van der Waals surface area contributed by atoms with Gasteiger partial charge in [-0.25, -0.2) is 0 Å². The fourth-order valence-corrected chi connectivity index (χ4v) is 1.46. The van der Waals surface area contributed by atoms with E-state index in [-0.39, 0.29) is 5.91 Å². The third-order valence-electron chi connectivity index (χ3n) is 2.42. The molecule has 1 atom stereocenters. The van der Waals surface area contributed by atoms with Crippen LogP contribution in [-0.2, 0) is 6.42 Å². The number of carbonyl (C=O) groups is 1. The van der Waals surface area contributed by atoms with Gasteiger partial charge in [0.1, 0.15) is 0 Å². The summed E-state index contributed by atoms with van der Waals surface area (Å²) in [7, 11) is 0. The average molecular weight is 237 g/mol. The summed E-state index contributed by atoms with van der Waals surface area (Å²) >= 11 is 0. The molecule has 1 amide bonds. The van der Waals surface area contributed by atoms with Crippen LogP contribution in [0.3, 0.4) is 0 Å². The first-order chi connectivity index (χ1) is 8.04. The first-order valence-electron chi connectivity index (χ1n) is 5.84. The lowest BCUT2D eigenvalue weighted by Gasteiger charge is -2.09. The number of nitrogens with zero attached hydrogens (tertiary/aromatic N) is 2. The minimum absolute atomic E-state index is 0.152. The summed E-state index contributed by atoms with van der Waals surface area (Å²) in [5.74, 6) is -0.152. The fraction of sp³-hybridized carbons (Fsp3) is 0.583. The van der Waals surface area contributed by atoms with E-state index in [1.165, 1.54) is 0 Å². The third kappa shape index (κ3) is 4.11. The lowest BCUT2D eigenvalue weighted by Crippen LogP contribution is -2.28. The molecule has 1 heterocycles. The molecule has 1 aromatic rings. The second-order valence-corrected chi connectivity index (χ2v) is 4.09. The highest BCUT2D eigenvalue weighted by atomic mass is 16.3. The molecule has 0 aromatic carbocycles. The van der Waals surface area contributed by atoms with E-state index < -0.39 is 6.10 Å². The third-order valence-corrected chi connectivity index (χ3v) is 2.42. The molecule has 94 valence electrons. The molecule has 0 aliphatic rings. The van der Waals surface area contributed by atoms with Crippen molar-refractivity contribution in [3.05, 3.63) is 23.0 Å². The Hall–Kier alpha value is -1.49. The number of aliphatic hydroxyl groups is 1. The molecular formula is C12H19N3O2. The Kier molecular flexibility index (Phi) is 5.03. The largest absolute Gasteiger partial charge is 0.393 e. The van der Waals surface area contributed by atoms with E-state index in [9.17, 15) is 4.79 Å². The number of aliphatic hydroxyl groups excluding tert-OH is 1. The van der Waals surface area contributed by atoms with Crippen molar-refractivity contribution in [3.8, 4) is 0 Å². The topological polar surface area (TPSA) is 75.1 Å². The highest BCUT2D eigenvalue weighted by Gasteiger charge is 2.12. The summed E-state index contributed by atoms with van der Waals surface area (Å²) in [6.07, 6.45) is 0.815. The number of hydrogen-bond donors (Lipinski definition) is 2. The van der Waals surface area contributed by atoms with Crippen LogP contribution in [0.25, 0.3) is 0 Å². The molecule has 0 fully saturated rings. The summed E-state index contributed by atoms with van der Waals surface area (Å²) in [5.41, 5.74) is 2.00. The molecule has 17 heavy (non-hydrogen) atoms. The van der Waals surface area contributed by atoms with Crippen LogP contribution >= 0.6 is 0 Å². The van der Waals surface area contributed by atoms with Crippen LogP contribution in [0.1, 0.15) is 42.0 Å². The number of carbonyl (C=O) groups excluding carboxylic acids is 1. The summed E-state index contributed by atoms with van der Waals surface area (Å²) in [6, 6.07) is 1.74. The van der Waals surface area contributed by atoms with E-state index in [2.05, 4.69) is 15.5 Å². The van der Waals surface area contributed by atoms with Gasteiger partial charge in [0.25, 0.3) is 5.91 Å². The van der Waals surface area contributed by atoms with Crippen LogP contribution in [0.15, 0.2) is 6.07 Å². The Bertz CT molecular complexity index is 391. The smallest absolute Gasteiger partial charge is 0.253 e. The molecule has 0 aliphatic heterocycles. The Balaban J connectivity index is 2.70. The number of rotatable bonds is 5. The van der Waals surface area contributed by atoms with Crippen LogP contribution in [0.2, 0.25) is 0 Å². The molecule has 0 saturated carbocycles. The van der Waals surface area contributed by atoms with Crippen molar-refractivity contribution in [2.45, 2.75) is 39.7 Å². The van der Waals surface area contributed by atoms with Crippen molar-refractivity contribution in [3.63, 3.8) is 0 Å². The number of aromatic nitrogens is 2. The normalized spacial score (nSPS) is 12.2. The van der Waals surface area contributed by atoms with Gasteiger partial charge >= 0.3 is 0 Å². The standard InChI is InChI=1S/C12H19N3O2/c1-4-11-10(7-8(2)14-15-11)12(17)13-6-5-9(3)16/h7,9,16H,4-6H2,1-3H3,(H,13,17). The summed E-state index contributed by atoms with van der Waals surface area (Å²) in [4.78, 5) is 11.9. The fourth-order valence-electron chi connectivity index (χ4n) is 1.46. The van der Waals surface area contributed by atoms with Crippen molar-refractivity contribution < 1.29 is 9.90 Å². The second kappa shape index (κ2) is 6.30. The molecule has 2 N–H and O–H groups in total. The quantitative estimate of drug-likeness (QED) is 0.796. The van der Waals surface area contributed by atoms with Gasteiger partial charge in [-0.2, -0.15) is 10.2 Å². The van der Waals surface area contributed by atoms with E-state index in [1.807, 2.05) is 6.92 Å². The lowest BCUT2D eigenvalue weighted by molar-refractivity contribution is 0.0944. The average Bonchev–Trinajstić information content (AvgIpc) is 2.28. The molecule has 0 spiro atoms. The van der Waals surface area contributed by atoms with E-state index in [4.69, 9.17) is 5.11 Å². The van der Waals surface area contributed by atoms with E-state index >= 15 is 0 Å². The maximum Gasteiger partial charge on any atom is 0.253 e. The minimum Gasteiger partial charge on any atom is -0.393 e. The Labute approximate surface area is 101 Å². The van der Waals surface area contributed by atoms with Crippen molar-refractivity contribution >= 4 is 5.91 Å². The zero-order valence-electron chi connectivity index (χ0n) is 10.5. The summed E-state index contributed by atoms with van der Waals surface area (Å²) < 4.78 is 0. The molecule has 0 radical (unpaired) electrons. The van der Waals surface area contributed by atoms with Crippen molar-refractivity contribution in [1.82, 2.24) is 15.5 Å². The van der Waals surface area contributed by atoms with Gasteiger partial charge in [-0.3, -0.25) is 4.79 Å². The minimum atomic E-state index is -0.404. The Morgan fingerprint density at radius 2 is 2.24 bits per heavy atom. The monoisotopic (exact) mass is 237 g/mol. The van der Waals surface area contributed by atoms with E-state index in [1.54, 1.807) is 19.9 Å². The summed E-state index contributed by atoms with van der Waals surface area (Å²) in [5, 5.41) is 19.8.